The van der Waals surface area contributed by atoms with Crippen LogP contribution in [0.2, 0.25) is 0 Å². The van der Waals surface area contributed by atoms with Gasteiger partial charge in [-0.15, -0.1) is 0 Å². The minimum Gasteiger partial charge on any atom is -0.490 e. The van der Waals surface area contributed by atoms with Gasteiger partial charge in [0.15, 0.2) is 15.8 Å². The lowest BCUT2D eigenvalue weighted by Crippen LogP contribution is -2.27. The van der Waals surface area contributed by atoms with Gasteiger partial charge in [-0.3, -0.25) is 9.69 Å². The molecule has 1 aliphatic rings. The van der Waals surface area contributed by atoms with Crippen molar-refractivity contribution in [3.8, 4) is 11.5 Å². The van der Waals surface area contributed by atoms with Crippen LogP contribution in [-0.2, 0) is 17.6 Å². The van der Waals surface area contributed by atoms with Crippen LogP contribution in [-0.4, -0.2) is 16.8 Å². The van der Waals surface area contributed by atoms with E-state index in [0.717, 1.165) is 34.4 Å². The van der Waals surface area contributed by atoms with Crippen LogP contribution in [0.3, 0.4) is 0 Å². The molecule has 0 bridgehead atoms. The summed E-state index contributed by atoms with van der Waals surface area (Å²) in [5.74, 6) is 0.0621. The molecule has 4 nitrogen and oxygen atoms in total. The summed E-state index contributed by atoms with van der Waals surface area (Å²) < 4.78 is 64.1. The highest BCUT2D eigenvalue weighted by Gasteiger charge is 2.36. The number of anilines is 1. The molecule has 1 heterocycles. The standard InChI is InChI=1S/C26H19F4NO3S2/c1-2-33-22-12-17(8-11-21(22)34-15-16-6-9-19(27)10-7-16)13-23-24(32)31(25(35)36-23)20-5-3-4-18(14-20)26(28,29)30/h3-14H,2,15H2,1H3/b23-13+. The quantitative estimate of drug-likeness (QED) is 0.182. The summed E-state index contributed by atoms with van der Waals surface area (Å²) in [4.78, 5) is 14.4. The van der Waals surface area contributed by atoms with Crippen molar-refractivity contribution in [3.05, 3.63) is 94.1 Å². The average molecular weight is 534 g/mol. The van der Waals surface area contributed by atoms with Crippen molar-refractivity contribution in [3.63, 3.8) is 0 Å². The van der Waals surface area contributed by atoms with Gasteiger partial charge < -0.3 is 9.47 Å². The first-order valence-electron chi connectivity index (χ1n) is 10.7. The van der Waals surface area contributed by atoms with E-state index in [2.05, 4.69) is 0 Å². The third-order valence-electron chi connectivity index (χ3n) is 5.10. The van der Waals surface area contributed by atoms with E-state index < -0.39 is 17.6 Å². The second kappa shape index (κ2) is 10.7. The van der Waals surface area contributed by atoms with Crippen LogP contribution in [0, 0.1) is 5.82 Å². The number of amides is 1. The van der Waals surface area contributed by atoms with Crippen molar-refractivity contribution in [2.45, 2.75) is 19.7 Å². The second-order valence-electron chi connectivity index (χ2n) is 7.62. The van der Waals surface area contributed by atoms with Crippen LogP contribution >= 0.6 is 24.0 Å². The lowest BCUT2D eigenvalue weighted by atomic mass is 10.1. The lowest BCUT2D eigenvalue weighted by Gasteiger charge is -2.16. The molecule has 0 atom stereocenters. The number of nitrogens with zero attached hydrogens (tertiary/aromatic N) is 1. The Bertz CT molecular complexity index is 1320. The van der Waals surface area contributed by atoms with Crippen LogP contribution in [0.5, 0.6) is 11.5 Å². The Morgan fingerprint density at radius 2 is 1.75 bits per heavy atom. The molecule has 1 aliphatic heterocycles. The van der Waals surface area contributed by atoms with E-state index in [1.54, 1.807) is 36.4 Å². The van der Waals surface area contributed by atoms with Gasteiger partial charge in [-0.1, -0.05) is 48.2 Å². The maximum absolute atomic E-state index is 13.1. The van der Waals surface area contributed by atoms with E-state index >= 15 is 0 Å². The summed E-state index contributed by atoms with van der Waals surface area (Å²) >= 11 is 6.29. The number of hydrogen-bond acceptors (Lipinski definition) is 5. The summed E-state index contributed by atoms with van der Waals surface area (Å²) in [6, 6.07) is 15.5. The molecule has 36 heavy (non-hydrogen) atoms. The van der Waals surface area contributed by atoms with Gasteiger partial charge in [-0.05, 0) is 66.6 Å². The Hall–Kier alpha value is -3.37. The van der Waals surface area contributed by atoms with Gasteiger partial charge in [0.25, 0.3) is 5.91 Å². The summed E-state index contributed by atoms with van der Waals surface area (Å²) in [6.07, 6.45) is -2.94. The Balaban J connectivity index is 1.55. The molecule has 1 amide bonds. The molecule has 186 valence electrons. The maximum Gasteiger partial charge on any atom is 0.416 e. The molecular weight excluding hydrogens is 514 g/mol. The van der Waals surface area contributed by atoms with Crippen LogP contribution in [0.25, 0.3) is 6.08 Å². The van der Waals surface area contributed by atoms with E-state index in [0.29, 0.717) is 23.7 Å². The van der Waals surface area contributed by atoms with Gasteiger partial charge in [-0.2, -0.15) is 13.2 Å². The zero-order chi connectivity index (χ0) is 25.9. The SMILES string of the molecule is CCOc1cc(/C=C2/SC(=S)N(c3cccc(C(F)(F)F)c3)C2=O)ccc1OCc1ccc(F)cc1. The highest BCUT2D eigenvalue weighted by Crippen LogP contribution is 2.39. The Morgan fingerprint density at radius 3 is 2.44 bits per heavy atom. The number of carbonyl (C=O) groups is 1. The van der Waals surface area contributed by atoms with Gasteiger partial charge in [0.05, 0.1) is 22.8 Å². The predicted molar refractivity (Wildman–Crippen MR) is 135 cm³/mol. The number of halogens is 4. The van der Waals surface area contributed by atoms with Crippen LogP contribution < -0.4 is 14.4 Å². The first-order chi connectivity index (χ1) is 17.2. The van der Waals surface area contributed by atoms with E-state index in [1.807, 2.05) is 6.92 Å². The van der Waals surface area contributed by atoms with Gasteiger partial charge in [0, 0.05) is 0 Å². The number of thioether (sulfide) groups is 1. The van der Waals surface area contributed by atoms with Crippen molar-refractivity contribution >= 4 is 46.0 Å². The van der Waals surface area contributed by atoms with Crippen molar-refractivity contribution in [1.29, 1.82) is 0 Å². The number of carbonyl (C=O) groups excluding carboxylic acids is 1. The Kier molecular flexibility index (Phi) is 7.65. The number of alkyl halides is 3. The lowest BCUT2D eigenvalue weighted by molar-refractivity contribution is -0.137. The zero-order valence-electron chi connectivity index (χ0n) is 18.8. The molecule has 0 saturated carbocycles. The summed E-state index contributed by atoms with van der Waals surface area (Å²) in [5, 5.41) is 0. The van der Waals surface area contributed by atoms with Gasteiger partial charge in [-0.25, -0.2) is 4.39 Å². The molecule has 10 heteroatoms. The van der Waals surface area contributed by atoms with Gasteiger partial charge in [0.1, 0.15) is 12.4 Å². The zero-order valence-corrected chi connectivity index (χ0v) is 20.5. The van der Waals surface area contributed by atoms with Crippen LogP contribution in [0.4, 0.5) is 23.2 Å². The topological polar surface area (TPSA) is 38.8 Å². The van der Waals surface area contributed by atoms with Crippen molar-refractivity contribution in [1.82, 2.24) is 0 Å². The maximum atomic E-state index is 13.1. The molecule has 0 aromatic heterocycles. The number of ether oxygens (including phenoxy) is 2. The number of thiocarbonyl (C=S) groups is 1. The molecule has 0 radical (unpaired) electrons. The summed E-state index contributed by atoms with van der Waals surface area (Å²) in [6.45, 7) is 2.39. The van der Waals surface area contributed by atoms with E-state index in [4.69, 9.17) is 21.7 Å². The molecule has 3 aromatic rings. The number of rotatable bonds is 7. The van der Waals surface area contributed by atoms with Crippen molar-refractivity contribution < 1.29 is 31.8 Å². The third kappa shape index (κ3) is 5.88. The van der Waals surface area contributed by atoms with E-state index in [9.17, 15) is 22.4 Å². The van der Waals surface area contributed by atoms with Crippen LogP contribution in [0.15, 0.2) is 71.6 Å². The van der Waals surface area contributed by atoms with Gasteiger partial charge >= 0.3 is 6.18 Å². The van der Waals surface area contributed by atoms with Crippen LogP contribution in [0.1, 0.15) is 23.6 Å². The fourth-order valence-electron chi connectivity index (χ4n) is 3.41. The fraction of sp³-hybridized carbons (Fsp3) is 0.154. The first kappa shape index (κ1) is 25.7. The molecule has 4 rings (SSSR count). The summed E-state index contributed by atoms with van der Waals surface area (Å²) in [7, 11) is 0. The van der Waals surface area contributed by atoms with Gasteiger partial charge in [0.2, 0.25) is 0 Å². The average Bonchev–Trinajstić information content (AvgIpc) is 3.12. The predicted octanol–water partition coefficient (Wildman–Crippen LogP) is 7.23. The number of hydrogen-bond donors (Lipinski definition) is 0. The molecule has 0 spiro atoms. The Labute approximate surface area is 214 Å². The third-order valence-corrected chi connectivity index (χ3v) is 6.40. The van der Waals surface area contributed by atoms with Crippen molar-refractivity contribution in [2.75, 3.05) is 11.5 Å². The molecule has 0 unspecified atom stereocenters. The molecule has 3 aromatic carbocycles. The first-order valence-corrected chi connectivity index (χ1v) is 12.0. The molecule has 1 saturated heterocycles. The molecule has 0 aliphatic carbocycles. The smallest absolute Gasteiger partial charge is 0.416 e. The highest BCUT2D eigenvalue weighted by atomic mass is 32.2. The highest BCUT2D eigenvalue weighted by molar-refractivity contribution is 8.27. The van der Waals surface area contributed by atoms with Crippen molar-refractivity contribution in [2.24, 2.45) is 0 Å². The number of benzene rings is 3. The minimum atomic E-state index is -4.54. The Morgan fingerprint density at radius 1 is 1.00 bits per heavy atom. The second-order valence-corrected chi connectivity index (χ2v) is 9.30. The minimum absolute atomic E-state index is 0.0512. The molecular formula is C26H19F4NO3S2. The molecule has 0 N–H and O–H groups in total. The molecule has 1 fully saturated rings. The summed E-state index contributed by atoms with van der Waals surface area (Å²) in [5.41, 5.74) is 0.587. The fourth-order valence-corrected chi connectivity index (χ4v) is 4.71. The normalized spacial score (nSPS) is 15.0. The monoisotopic (exact) mass is 533 g/mol. The largest absolute Gasteiger partial charge is 0.490 e. The van der Waals surface area contributed by atoms with E-state index in [1.165, 1.54) is 24.3 Å². The van der Waals surface area contributed by atoms with E-state index in [-0.39, 0.29) is 27.3 Å².